The van der Waals surface area contributed by atoms with Crippen LogP contribution in [0.15, 0.2) is 24.3 Å². The van der Waals surface area contributed by atoms with Crippen LogP contribution in [0.3, 0.4) is 0 Å². The minimum atomic E-state index is -0.591. The molecule has 0 saturated carbocycles. The first-order valence-electron chi connectivity index (χ1n) is 13.6. The van der Waals surface area contributed by atoms with Crippen molar-refractivity contribution in [2.75, 3.05) is 26.2 Å². The molecule has 0 aliphatic carbocycles. The lowest BCUT2D eigenvalue weighted by Gasteiger charge is -2.46. The van der Waals surface area contributed by atoms with Gasteiger partial charge in [0, 0.05) is 57.1 Å². The number of carbonyl (C=O) groups is 3. The van der Waals surface area contributed by atoms with E-state index >= 15 is 0 Å². The first-order valence-corrected chi connectivity index (χ1v) is 13.6. The summed E-state index contributed by atoms with van der Waals surface area (Å²) in [6.07, 6.45) is 0.540. The van der Waals surface area contributed by atoms with E-state index in [0.717, 1.165) is 12.1 Å². The van der Waals surface area contributed by atoms with Gasteiger partial charge in [-0.15, -0.1) is 0 Å². The van der Waals surface area contributed by atoms with Crippen LogP contribution >= 0.6 is 0 Å². The number of benzene rings is 1. The van der Waals surface area contributed by atoms with Gasteiger partial charge in [0.15, 0.2) is 0 Å². The minimum absolute atomic E-state index is 0.00593. The van der Waals surface area contributed by atoms with Gasteiger partial charge in [0.1, 0.15) is 11.9 Å². The number of hydrogen-bond acceptors (Lipinski definition) is 4. The second kappa shape index (κ2) is 11.5. The van der Waals surface area contributed by atoms with Crippen molar-refractivity contribution >= 4 is 17.7 Å². The SMILES string of the molecule is CC(=O)N[C@@H](CC(C)(C)C)C(=O)N1C[C@H](C)N(C(=O)[C@@H]2CN(C(C)C)C[C@H]2c2ccc(F)cc2)C[C@H]1C. The smallest absolute Gasteiger partial charge is 0.245 e. The maximum Gasteiger partial charge on any atom is 0.245 e. The number of amides is 3. The van der Waals surface area contributed by atoms with Gasteiger partial charge in [0.2, 0.25) is 17.7 Å². The fourth-order valence-corrected chi connectivity index (χ4v) is 5.77. The second-order valence-electron chi connectivity index (χ2n) is 12.5. The van der Waals surface area contributed by atoms with Crippen LogP contribution in [-0.4, -0.2) is 82.8 Å². The van der Waals surface area contributed by atoms with Crippen LogP contribution in [0.1, 0.15) is 73.3 Å². The van der Waals surface area contributed by atoms with E-state index in [1.165, 1.54) is 19.1 Å². The molecule has 2 heterocycles. The molecule has 0 radical (unpaired) electrons. The van der Waals surface area contributed by atoms with Crippen LogP contribution in [0.5, 0.6) is 0 Å². The standard InChI is InChI=1S/C29H45FN4O3/c1-18(2)32-16-24(22-9-11-23(30)12-10-22)25(17-32)27(36)33-14-20(4)34(15-19(33)3)28(37)26(31-21(5)35)13-29(6,7)8/h9-12,18-20,24-26H,13-17H2,1-8H3,(H,31,35)/t19-,20+,24-,25+,26-/m0/s1. The molecular weight excluding hydrogens is 471 g/mol. The Balaban J connectivity index is 1.78. The Hall–Kier alpha value is -2.48. The molecule has 2 aliphatic rings. The normalized spacial score (nSPS) is 25.9. The molecule has 0 bridgehead atoms. The summed E-state index contributed by atoms with van der Waals surface area (Å²) in [4.78, 5) is 45.4. The number of hydrogen-bond donors (Lipinski definition) is 1. The zero-order valence-corrected chi connectivity index (χ0v) is 23.8. The van der Waals surface area contributed by atoms with Crippen molar-refractivity contribution in [3.05, 3.63) is 35.6 Å². The van der Waals surface area contributed by atoms with Gasteiger partial charge in [0.25, 0.3) is 0 Å². The van der Waals surface area contributed by atoms with Crippen LogP contribution in [0.25, 0.3) is 0 Å². The summed E-state index contributed by atoms with van der Waals surface area (Å²) in [5, 5.41) is 2.85. The fourth-order valence-electron chi connectivity index (χ4n) is 5.77. The summed E-state index contributed by atoms with van der Waals surface area (Å²) in [6, 6.07) is 5.92. The van der Waals surface area contributed by atoms with E-state index in [4.69, 9.17) is 0 Å². The summed E-state index contributed by atoms with van der Waals surface area (Å²) in [7, 11) is 0. The maximum atomic E-state index is 14.0. The third kappa shape index (κ3) is 7.09. The second-order valence-corrected chi connectivity index (χ2v) is 12.5. The minimum Gasteiger partial charge on any atom is -0.345 e. The van der Waals surface area contributed by atoms with E-state index in [0.29, 0.717) is 32.1 Å². The maximum absolute atomic E-state index is 14.0. The van der Waals surface area contributed by atoms with Gasteiger partial charge in [-0.1, -0.05) is 32.9 Å². The molecule has 37 heavy (non-hydrogen) atoms. The summed E-state index contributed by atoms with van der Waals surface area (Å²) in [5.74, 6) is -0.728. The number of rotatable bonds is 6. The highest BCUT2D eigenvalue weighted by Gasteiger charge is 2.45. The van der Waals surface area contributed by atoms with E-state index in [1.54, 1.807) is 12.1 Å². The van der Waals surface area contributed by atoms with E-state index < -0.39 is 6.04 Å². The number of nitrogens with one attached hydrogen (secondary N) is 1. The first kappa shape index (κ1) is 29.1. The Labute approximate surface area is 221 Å². The third-order valence-electron chi connectivity index (χ3n) is 7.74. The molecule has 7 nitrogen and oxygen atoms in total. The number of halogens is 1. The van der Waals surface area contributed by atoms with Gasteiger partial charge in [-0.2, -0.15) is 0 Å². The van der Waals surface area contributed by atoms with Gasteiger partial charge < -0.3 is 15.1 Å². The van der Waals surface area contributed by atoms with E-state index in [1.807, 2.05) is 23.6 Å². The number of likely N-dealkylation sites (tertiary alicyclic amines) is 1. The van der Waals surface area contributed by atoms with Crippen molar-refractivity contribution in [1.82, 2.24) is 20.0 Å². The Bertz CT molecular complexity index is 974. The predicted molar refractivity (Wildman–Crippen MR) is 143 cm³/mol. The molecule has 1 aromatic rings. The Kier molecular flexibility index (Phi) is 9.04. The summed E-state index contributed by atoms with van der Waals surface area (Å²) in [6.45, 7) is 18.1. The van der Waals surface area contributed by atoms with Crippen LogP contribution < -0.4 is 5.32 Å². The summed E-state index contributed by atoms with van der Waals surface area (Å²) < 4.78 is 13.6. The zero-order valence-electron chi connectivity index (χ0n) is 23.8. The van der Waals surface area contributed by atoms with Gasteiger partial charge in [0.05, 0.1) is 5.92 Å². The van der Waals surface area contributed by atoms with Gasteiger partial charge in [-0.3, -0.25) is 19.3 Å². The van der Waals surface area contributed by atoms with Crippen LogP contribution in [0, 0.1) is 17.2 Å². The van der Waals surface area contributed by atoms with Crippen molar-refractivity contribution in [3.8, 4) is 0 Å². The predicted octanol–water partition coefficient (Wildman–Crippen LogP) is 3.64. The lowest BCUT2D eigenvalue weighted by atomic mass is 9.86. The molecule has 3 amide bonds. The largest absolute Gasteiger partial charge is 0.345 e. The lowest BCUT2D eigenvalue weighted by Crippen LogP contribution is -2.63. The molecule has 2 aliphatic heterocycles. The topological polar surface area (TPSA) is 73.0 Å². The van der Waals surface area contributed by atoms with Crippen molar-refractivity contribution < 1.29 is 18.8 Å². The highest BCUT2D eigenvalue weighted by Crippen LogP contribution is 2.36. The highest BCUT2D eigenvalue weighted by molar-refractivity contribution is 5.88. The Morgan fingerprint density at radius 1 is 0.973 bits per heavy atom. The van der Waals surface area contributed by atoms with Gasteiger partial charge in [-0.25, -0.2) is 4.39 Å². The van der Waals surface area contributed by atoms with Crippen LogP contribution in [-0.2, 0) is 14.4 Å². The van der Waals surface area contributed by atoms with E-state index in [2.05, 4.69) is 44.8 Å². The van der Waals surface area contributed by atoms with Crippen LogP contribution in [0.4, 0.5) is 4.39 Å². The molecule has 0 spiro atoms. The molecule has 3 rings (SSSR count). The molecule has 8 heteroatoms. The average molecular weight is 517 g/mol. The third-order valence-corrected chi connectivity index (χ3v) is 7.74. The van der Waals surface area contributed by atoms with Crippen molar-refractivity contribution in [3.63, 3.8) is 0 Å². The van der Waals surface area contributed by atoms with E-state index in [9.17, 15) is 18.8 Å². The molecular formula is C29H45FN4O3. The summed E-state index contributed by atoms with van der Waals surface area (Å²) >= 11 is 0. The molecule has 1 N–H and O–H groups in total. The van der Waals surface area contributed by atoms with E-state index in [-0.39, 0.29) is 52.9 Å². The number of nitrogens with zero attached hydrogens (tertiary/aromatic N) is 3. The summed E-state index contributed by atoms with van der Waals surface area (Å²) in [5.41, 5.74) is 0.855. The van der Waals surface area contributed by atoms with Gasteiger partial charge in [-0.05, 0) is 57.2 Å². The van der Waals surface area contributed by atoms with Crippen molar-refractivity contribution in [1.29, 1.82) is 0 Å². The quantitative estimate of drug-likeness (QED) is 0.627. The molecule has 0 unspecified atom stereocenters. The average Bonchev–Trinajstić information content (AvgIpc) is 3.24. The highest BCUT2D eigenvalue weighted by atomic mass is 19.1. The molecule has 206 valence electrons. The lowest BCUT2D eigenvalue weighted by molar-refractivity contribution is -0.150. The number of carbonyl (C=O) groups excluding carboxylic acids is 3. The Morgan fingerprint density at radius 3 is 2.08 bits per heavy atom. The molecule has 2 saturated heterocycles. The molecule has 5 atom stereocenters. The van der Waals surface area contributed by atoms with Crippen molar-refractivity contribution in [2.24, 2.45) is 11.3 Å². The molecule has 0 aromatic heterocycles. The zero-order chi connectivity index (χ0) is 27.7. The van der Waals surface area contributed by atoms with Gasteiger partial charge >= 0.3 is 0 Å². The van der Waals surface area contributed by atoms with Crippen LogP contribution in [0.2, 0.25) is 0 Å². The number of piperazine rings is 1. The van der Waals surface area contributed by atoms with Crippen molar-refractivity contribution in [2.45, 2.75) is 91.9 Å². The molecule has 1 aromatic carbocycles. The monoisotopic (exact) mass is 516 g/mol. The first-order chi connectivity index (χ1) is 17.2. The Morgan fingerprint density at radius 2 is 1.54 bits per heavy atom. The molecule has 2 fully saturated rings. The fraction of sp³-hybridized carbons (Fsp3) is 0.690.